The molecule has 2 aromatic carbocycles. The molecule has 0 aliphatic heterocycles. The zero-order chi connectivity index (χ0) is 19.9. The molecule has 154 valence electrons. The molecule has 0 saturated heterocycles. The highest BCUT2D eigenvalue weighted by Crippen LogP contribution is 2.33. The minimum absolute atomic E-state index is 0.730. The van der Waals surface area contributed by atoms with Crippen LogP contribution in [0.4, 0.5) is 0 Å². The van der Waals surface area contributed by atoms with Crippen molar-refractivity contribution in [1.82, 2.24) is 0 Å². The lowest BCUT2D eigenvalue weighted by molar-refractivity contribution is 0.516. The van der Waals surface area contributed by atoms with Gasteiger partial charge in [0.05, 0.1) is 0 Å². The molecule has 0 bridgehead atoms. The molecule has 2 aromatic rings. The molecule has 2 saturated carbocycles. The van der Waals surface area contributed by atoms with E-state index in [0.29, 0.717) is 0 Å². The molecule has 3 heteroatoms. The normalized spacial score (nSPS) is 17.6. The zero-order valence-electron chi connectivity index (χ0n) is 17.3. The average molecular weight is 433 g/mol. The van der Waals surface area contributed by atoms with E-state index >= 15 is 0 Å². The molecule has 0 aromatic heterocycles. The Morgan fingerprint density at radius 2 is 1.11 bits per heavy atom. The quantitative estimate of drug-likeness (QED) is 0.380. The van der Waals surface area contributed by atoms with E-state index in [-0.39, 0.29) is 0 Å². The number of thioether (sulfide) groups is 2. The van der Waals surface area contributed by atoms with E-state index in [4.69, 9.17) is 0 Å². The number of hydrogen-bond donors (Lipinski definition) is 1. The third-order valence-corrected chi connectivity index (χ3v) is 7.76. The summed E-state index contributed by atoms with van der Waals surface area (Å²) in [6, 6.07) is 21.1. The van der Waals surface area contributed by atoms with Crippen LogP contribution >= 0.6 is 36.2 Å². The number of hydrogen-bond acceptors (Lipinski definition) is 3. The molecule has 0 atom stereocenters. The molecule has 2 fully saturated rings. The molecule has 2 aliphatic rings. The lowest BCUT2D eigenvalue weighted by atomic mass is 10.0. The summed E-state index contributed by atoms with van der Waals surface area (Å²) in [4.78, 5) is 2.77. The molecule has 0 spiro atoms. The fourth-order valence-corrected chi connectivity index (χ4v) is 5.57. The van der Waals surface area contributed by atoms with Gasteiger partial charge in [0.15, 0.2) is 0 Å². The van der Waals surface area contributed by atoms with Gasteiger partial charge >= 0.3 is 0 Å². The Hall–Kier alpha value is -0.510. The van der Waals surface area contributed by atoms with E-state index in [1.54, 1.807) is 11.8 Å². The molecule has 0 N–H and O–H groups in total. The molecule has 0 nitrogen and oxygen atoms in total. The maximum Gasteiger partial charge on any atom is 0.00944 e. The number of thiol groups is 1. The van der Waals surface area contributed by atoms with Gasteiger partial charge in [-0.15, -0.1) is 23.5 Å². The van der Waals surface area contributed by atoms with Crippen molar-refractivity contribution in [2.75, 3.05) is 6.26 Å². The molecule has 2 aliphatic carbocycles. The van der Waals surface area contributed by atoms with Crippen LogP contribution in [0.1, 0.15) is 64.2 Å². The van der Waals surface area contributed by atoms with E-state index in [2.05, 4.69) is 73.1 Å². The van der Waals surface area contributed by atoms with Crippen LogP contribution in [0, 0.1) is 0 Å². The van der Waals surface area contributed by atoms with Crippen molar-refractivity contribution in [3.8, 4) is 0 Å². The molecular weight excluding hydrogens is 396 g/mol. The minimum Gasteiger partial charge on any atom is -0.176 e. The van der Waals surface area contributed by atoms with Crippen LogP contribution in [0.15, 0.2) is 70.5 Å². The molecule has 0 heterocycles. The van der Waals surface area contributed by atoms with Crippen LogP contribution in [-0.4, -0.2) is 16.8 Å². The van der Waals surface area contributed by atoms with Gasteiger partial charge in [-0.1, -0.05) is 74.9 Å². The Bertz CT molecular complexity index is 588. The van der Waals surface area contributed by atoms with Crippen molar-refractivity contribution in [2.45, 2.75) is 84.5 Å². The van der Waals surface area contributed by atoms with Crippen molar-refractivity contribution in [3.05, 3.63) is 60.7 Å². The maximum absolute atomic E-state index is 4.36. The number of rotatable bonds is 3. The maximum atomic E-state index is 4.36. The van der Waals surface area contributed by atoms with Gasteiger partial charge in [-0.05, 0) is 56.2 Å². The van der Waals surface area contributed by atoms with Gasteiger partial charge in [0.25, 0.3) is 0 Å². The summed E-state index contributed by atoms with van der Waals surface area (Å²) in [5, 5.41) is 1.62. The van der Waals surface area contributed by atoms with Gasteiger partial charge in [0.1, 0.15) is 0 Å². The van der Waals surface area contributed by atoms with Gasteiger partial charge in [0.2, 0.25) is 0 Å². The van der Waals surface area contributed by atoms with E-state index in [1.165, 1.54) is 74.0 Å². The average Bonchev–Trinajstić information content (AvgIpc) is 2.77. The largest absolute Gasteiger partial charge is 0.176 e. The molecule has 4 rings (SSSR count). The second kappa shape index (κ2) is 15.3. The third-order valence-electron chi connectivity index (χ3n) is 5.15. The Morgan fingerprint density at radius 3 is 1.50 bits per heavy atom. The van der Waals surface area contributed by atoms with Crippen LogP contribution in [0.2, 0.25) is 0 Å². The van der Waals surface area contributed by atoms with Crippen molar-refractivity contribution in [1.29, 1.82) is 0 Å². The first-order chi connectivity index (χ1) is 13.8. The highest BCUT2D eigenvalue weighted by Gasteiger charge is 2.13. The molecule has 0 radical (unpaired) electrons. The Morgan fingerprint density at radius 1 is 0.643 bits per heavy atom. The van der Waals surface area contributed by atoms with E-state index < -0.39 is 0 Å². The van der Waals surface area contributed by atoms with Crippen LogP contribution in [0.25, 0.3) is 0 Å². The predicted molar refractivity (Wildman–Crippen MR) is 133 cm³/mol. The van der Waals surface area contributed by atoms with Crippen molar-refractivity contribution >= 4 is 36.2 Å². The lowest BCUT2D eigenvalue weighted by Crippen LogP contribution is -2.07. The third kappa shape index (κ3) is 10.9. The van der Waals surface area contributed by atoms with Crippen LogP contribution in [0.5, 0.6) is 0 Å². The van der Waals surface area contributed by atoms with Crippen LogP contribution in [-0.2, 0) is 0 Å². The fraction of sp³-hybridized carbons (Fsp3) is 0.520. The van der Waals surface area contributed by atoms with E-state index in [0.717, 1.165) is 10.5 Å². The Kier molecular flexibility index (Phi) is 13.0. The molecule has 28 heavy (non-hydrogen) atoms. The summed E-state index contributed by atoms with van der Waals surface area (Å²) in [6.07, 6.45) is 16.2. The van der Waals surface area contributed by atoms with Crippen molar-refractivity contribution in [2.24, 2.45) is 0 Å². The van der Waals surface area contributed by atoms with Crippen LogP contribution < -0.4 is 0 Å². The minimum atomic E-state index is 0.730. The number of benzene rings is 2. The SMILES string of the molecule is CSc1ccccc1.SC1CCCCC1.c1ccc(SC2CCCCC2)cc1. The van der Waals surface area contributed by atoms with E-state index in [1.807, 2.05) is 18.2 Å². The second-order valence-electron chi connectivity index (χ2n) is 7.50. The summed E-state index contributed by atoms with van der Waals surface area (Å²) in [5.41, 5.74) is 0. The summed E-state index contributed by atoms with van der Waals surface area (Å²) in [5.74, 6) is 0. The smallest absolute Gasteiger partial charge is 0.00944 e. The predicted octanol–water partition coefficient (Wildman–Crippen LogP) is 8.77. The fourth-order valence-electron chi connectivity index (χ4n) is 3.51. The first-order valence-corrected chi connectivity index (χ1v) is 13.4. The van der Waals surface area contributed by atoms with Gasteiger partial charge in [-0.2, -0.15) is 12.6 Å². The van der Waals surface area contributed by atoms with Gasteiger partial charge < -0.3 is 0 Å². The van der Waals surface area contributed by atoms with Crippen molar-refractivity contribution < 1.29 is 0 Å². The first kappa shape index (κ1) is 23.8. The second-order valence-corrected chi connectivity index (χ2v) is 10.5. The molecule has 0 unspecified atom stereocenters. The topological polar surface area (TPSA) is 0 Å². The highest BCUT2D eigenvalue weighted by molar-refractivity contribution is 8.00. The monoisotopic (exact) mass is 432 g/mol. The molecular formula is C25H36S3. The standard InChI is InChI=1S/C12H16S.C7H8S.C6H12S/c1-3-7-11(8-4-1)13-12-9-5-2-6-10-12;1-8-7-5-3-2-4-6-7;7-6-4-2-1-3-5-6/h1,3-4,7-8,12H,2,5-6,9-10H2;2-6H,1H3;6-7H,1-5H2. The van der Waals surface area contributed by atoms with Gasteiger partial charge in [-0.25, -0.2) is 0 Å². The van der Waals surface area contributed by atoms with E-state index in [9.17, 15) is 0 Å². The van der Waals surface area contributed by atoms with Crippen molar-refractivity contribution in [3.63, 3.8) is 0 Å². The highest BCUT2D eigenvalue weighted by atomic mass is 32.2. The van der Waals surface area contributed by atoms with Gasteiger partial charge in [-0.3, -0.25) is 0 Å². The Labute approximate surface area is 187 Å². The summed E-state index contributed by atoms with van der Waals surface area (Å²) in [7, 11) is 0. The lowest BCUT2D eigenvalue weighted by Gasteiger charge is -2.20. The summed E-state index contributed by atoms with van der Waals surface area (Å²) in [6.45, 7) is 0. The first-order valence-electron chi connectivity index (χ1n) is 10.8. The van der Waals surface area contributed by atoms with Gasteiger partial charge in [0, 0.05) is 20.3 Å². The Balaban J connectivity index is 0.000000161. The summed E-state index contributed by atoms with van der Waals surface area (Å²) >= 11 is 8.19. The molecule has 0 amide bonds. The summed E-state index contributed by atoms with van der Waals surface area (Å²) < 4.78 is 0. The van der Waals surface area contributed by atoms with Crippen LogP contribution in [0.3, 0.4) is 0 Å². The zero-order valence-corrected chi connectivity index (χ0v) is 19.8.